The predicted molar refractivity (Wildman–Crippen MR) is 99.3 cm³/mol. The fourth-order valence-corrected chi connectivity index (χ4v) is 2.43. The molecule has 0 radical (unpaired) electrons. The molecule has 0 saturated carbocycles. The maximum absolute atomic E-state index is 12.8. The molecule has 0 spiro atoms. The molecule has 2 aromatic carbocycles. The number of carbonyl (C=O) groups is 1. The fourth-order valence-electron chi connectivity index (χ4n) is 2.43. The van der Waals surface area contributed by atoms with Gasteiger partial charge in [-0.25, -0.2) is 0 Å². The Morgan fingerprint density at radius 2 is 1.71 bits per heavy atom. The summed E-state index contributed by atoms with van der Waals surface area (Å²) in [7, 11) is 1.66. The minimum Gasteiger partial charge on any atom is -0.380 e. The molecule has 0 aliphatic rings. The molecule has 0 unspecified atom stereocenters. The van der Waals surface area contributed by atoms with Crippen molar-refractivity contribution in [1.29, 1.82) is 0 Å². The van der Waals surface area contributed by atoms with Crippen LogP contribution in [-0.2, 0) is 17.9 Å². The van der Waals surface area contributed by atoms with Crippen molar-refractivity contribution >= 4 is 18.3 Å². The van der Waals surface area contributed by atoms with Crippen LogP contribution in [-0.4, -0.2) is 31.0 Å². The highest BCUT2D eigenvalue weighted by molar-refractivity contribution is 5.94. The molecular formula is C19H25ClN2O2. The first kappa shape index (κ1) is 20.2. The first-order valence-corrected chi connectivity index (χ1v) is 7.85. The van der Waals surface area contributed by atoms with E-state index in [-0.39, 0.29) is 18.3 Å². The SMILES string of the molecule is COCc1ccc(C(=O)N(CCCN)Cc2ccccc2)cc1.Cl. The molecule has 4 nitrogen and oxygen atoms in total. The minimum absolute atomic E-state index is 0. The lowest BCUT2D eigenvalue weighted by Crippen LogP contribution is -2.32. The van der Waals surface area contributed by atoms with Crippen molar-refractivity contribution in [2.24, 2.45) is 5.73 Å². The number of rotatable bonds is 8. The van der Waals surface area contributed by atoms with Gasteiger partial charge in [-0.2, -0.15) is 0 Å². The summed E-state index contributed by atoms with van der Waals surface area (Å²) in [5.74, 6) is 0.0336. The van der Waals surface area contributed by atoms with Gasteiger partial charge >= 0.3 is 0 Å². The van der Waals surface area contributed by atoms with Crippen molar-refractivity contribution in [2.45, 2.75) is 19.6 Å². The Labute approximate surface area is 150 Å². The number of halogens is 1. The van der Waals surface area contributed by atoms with Crippen molar-refractivity contribution < 1.29 is 9.53 Å². The molecule has 2 N–H and O–H groups in total. The second-order valence-corrected chi connectivity index (χ2v) is 5.48. The Morgan fingerprint density at radius 3 is 2.29 bits per heavy atom. The Hall–Kier alpha value is -1.88. The maximum Gasteiger partial charge on any atom is 0.254 e. The summed E-state index contributed by atoms with van der Waals surface area (Å²) < 4.78 is 5.10. The van der Waals surface area contributed by atoms with Crippen LogP contribution in [0.4, 0.5) is 0 Å². The molecule has 0 aliphatic heterocycles. The van der Waals surface area contributed by atoms with E-state index < -0.39 is 0 Å². The van der Waals surface area contributed by atoms with E-state index in [0.29, 0.717) is 31.8 Å². The minimum atomic E-state index is 0. The highest BCUT2D eigenvalue weighted by Gasteiger charge is 2.15. The van der Waals surface area contributed by atoms with Gasteiger partial charge in [0.25, 0.3) is 5.91 Å². The Kier molecular flexibility index (Phi) is 9.08. The average molecular weight is 349 g/mol. The Bertz CT molecular complexity index is 603. The number of carbonyl (C=O) groups excluding carboxylic acids is 1. The van der Waals surface area contributed by atoms with Gasteiger partial charge in [-0.15, -0.1) is 12.4 Å². The smallest absolute Gasteiger partial charge is 0.254 e. The van der Waals surface area contributed by atoms with E-state index in [0.717, 1.165) is 17.5 Å². The molecular weight excluding hydrogens is 324 g/mol. The van der Waals surface area contributed by atoms with Crippen LogP contribution < -0.4 is 5.73 Å². The van der Waals surface area contributed by atoms with Gasteiger partial charge in [0, 0.05) is 25.8 Å². The van der Waals surface area contributed by atoms with Crippen molar-refractivity contribution in [3.8, 4) is 0 Å². The number of benzene rings is 2. The van der Waals surface area contributed by atoms with Crippen molar-refractivity contribution in [3.63, 3.8) is 0 Å². The molecule has 0 atom stereocenters. The third-order valence-corrected chi connectivity index (χ3v) is 3.65. The van der Waals surface area contributed by atoms with Crippen LogP contribution in [0.2, 0.25) is 0 Å². The number of nitrogens with zero attached hydrogens (tertiary/aromatic N) is 1. The quantitative estimate of drug-likeness (QED) is 0.796. The highest BCUT2D eigenvalue weighted by atomic mass is 35.5. The summed E-state index contributed by atoms with van der Waals surface area (Å²) in [6.45, 7) is 2.38. The van der Waals surface area contributed by atoms with Gasteiger partial charge < -0.3 is 15.4 Å². The molecule has 2 aromatic rings. The molecule has 24 heavy (non-hydrogen) atoms. The molecule has 0 aromatic heterocycles. The van der Waals surface area contributed by atoms with Crippen LogP contribution in [0.25, 0.3) is 0 Å². The summed E-state index contributed by atoms with van der Waals surface area (Å²) >= 11 is 0. The van der Waals surface area contributed by atoms with E-state index >= 15 is 0 Å². The zero-order chi connectivity index (χ0) is 16.5. The number of nitrogens with two attached hydrogens (primary N) is 1. The van der Waals surface area contributed by atoms with Gasteiger partial charge in [0.05, 0.1) is 6.61 Å². The first-order chi connectivity index (χ1) is 11.2. The van der Waals surface area contributed by atoms with Gasteiger partial charge in [0.15, 0.2) is 0 Å². The van der Waals surface area contributed by atoms with Crippen LogP contribution in [0, 0.1) is 0 Å². The Morgan fingerprint density at radius 1 is 1.04 bits per heavy atom. The molecule has 130 valence electrons. The maximum atomic E-state index is 12.8. The van der Waals surface area contributed by atoms with E-state index in [1.54, 1.807) is 7.11 Å². The van der Waals surface area contributed by atoms with Crippen molar-refractivity contribution in [1.82, 2.24) is 4.90 Å². The second-order valence-electron chi connectivity index (χ2n) is 5.48. The molecule has 0 fully saturated rings. The van der Waals surface area contributed by atoms with Crippen LogP contribution in [0.5, 0.6) is 0 Å². The second kappa shape index (κ2) is 10.8. The van der Waals surface area contributed by atoms with E-state index in [1.807, 2.05) is 59.5 Å². The largest absolute Gasteiger partial charge is 0.380 e. The number of hydrogen-bond donors (Lipinski definition) is 1. The molecule has 0 aliphatic carbocycles. The number of hydrogen-bond acceptors (Lipinski definition) is 3. The topological polar surface area (TPSA) is 55.6 Å². The van der Waals surface area contributed by atoms with E-state index in [2.05, 4.69) is 0 Å². The molecule has 1 amide bonds. The zero-order valence-corrected chi connectivity index (χ0v) is 14.8. The first-order valence-electron chi connectivity index (χ1n) is 7.85. The fraction of sp³-hybridized carbons (Fsp3) is 0.316. The number of methoxy groups -OCH3 is 1. The normalized spacial score (nSPS) is 10.1. The third-order valence-electron chi connectivity index (χ3n) is 3.65. The lowest BCUT2D eigenvalue weighted by atomic mass is 10.1. The standard InChI is InChI=1S/C19H24N2O2.ClH/c1-23-15-17-8-10-18(11-9-17)19(22)21(13-5-12-20)14-16-6-3-2-4-7-16;/h2-4,6-11H,5,12-15,20H2,1H3;1H. The van der Waals surface area contributed by atoms with E-state index in [9.17, 15) is 4.79 Å². The monoisotopic (exact) mass is 348 g/mol. The number of amides is 1. The molecule has 5 heteroatoms. The van der Waals surface area contributed by atoms with Gasteiger partial charge in [0.1, 0.15) is 0 Å². The van der Waals surface area contributed by atoms with Gasteiger partial charge in [0.2, 0.25) is 0 Å². The molecule has 0 saturated heterocycles. The van der Waals surface area contributed by atoms with E-state index in [4.69, 9.17) is 10.5 Å². The molecule has 0 bridgehead atoms. The Balaban J connectivity index is 0.00000288. The summed E-state index contributed by atoms with van der Waals surface area (Å²) in [6, 6.07) is 17.6. The number of ether oxygens (including phenoxy) is 1. The van der Waals surface area contributed by atoms with Crippen LogP contribution in [0.1, 0.15) is 27.9 Å². The molecule has 0 heterocycles. The summed E-state index contributed by atoms with van der Waals surface area (Å²) in [6.07, 6.45) is 0.792. The van der Waals surface area contributed by atoms with Crippen molar-refractivity contribution in [3.05, 3.63) is 71.3 Å². The van der Waals surface area contributed by atoms with Gasteiger partial charge in [-0.05, 0) is 36.2 Å². The zero-order valence-electron chi connectivity index (χ0n) is 14.0. The van der Waals surface area contributed by atoms with Crippen LogP contribution in [0.15, 0.2) is 54.6 Å². The predicted octanol–water partition coefficient (Wildman–Crippen LogP) is 3.25. The van der Waals surface area contributed by atoms with Crippen molar-refractivity contribution in [2.75, 3.05) is 20.2 Å². The average Bonchev–Trinajstić information content (AvgIpc) is 2.60. The van der Waals surface area contributed by atoms with Gasteiger partial charge in [-0.3, -0.25) is 4.79 Å². The summed E-state index contributed by atoms with van der Waals surface area (Å²) in [4.78, 5) is 14.6. The van der Waals surface area contributed by atoms with Gasteiger partial charge in [-0.1, -0.05) is 42.5 Å². The lowest BCUT2D eigenvalue weighted by Gasteiger charge is -2.23. The highest BCUT2D eigenvalue weighted by Crippen LogP contribution is 2.12. The van der Waals surface area contributed by atoms with Crippen LogP contribution in [0.3, 0.4) is 0 Å². The summed E-state index contributed by atoms with van der Waals surface area (Å²) in [5, 5.41) is 0. The summed E-state index contributed by atoms with van der Waals surface area (Å²) in [5.41, 5.74) is 8.48. The van der Waals surface area contributed by atoms with Crippen LogP contribution >= 0.6 is 12.4 Å². The van der Waals surface area contributed by atoms with E-state index in [1.165, 1.54) is 0 Å². The third kappa shape index (κ3) is 5.96. The molecule has 2 rings (SSSR count). The lowest BCUT2D eigenvalue weighted by molar-refractivity contribution is 0.0742.